The van der Waals surface area contributed by atoms with Gasteiger partial charge in [0.05, 0.1) is 12.5 Å². The van der Waals surface area contributed by atoms with Crippen molar-refractivity contribution in [1.82, 2.24) is 10.2 Å². The number of rotatable bonds is 4. The van der Waals surface area contributed by atoms with Crippen molar-refractivity contribution >= 4 is 5.91 Å². The van der Waals surface area contributed by atoms with Crippen molar-refractivity contribution in [3.8, 4) is 5.75 Å². The predicted octanol–water partition coefficient (Wildman–Crippen LogP) is 2.71. The predicted molar refractivity (Wildman–Crippen MR) is 91.9 cm³/mol. The number of carbonyl (C=O) groups excluding carboxylic acids is 1. The van der Waals surface area contributed by atoms with Crippen LogP contribution in [0.5, 0.6) is 5.75 Å². The molecular weight excluding hydrogens is 288 g/mol. The Morgan fingerprint density at radius 3 is 2.78 bits per heavy atom. The Bertz CT molecular complexity index is 552. The molecule has 1 unspecified atom stereocenters. The summed E-state index contributed by atoms with van der Waals surface area (Å²) in [5.74, 6) is 1.55. The largest absolute Gasteiger partial charge is 0.493 e. The summed E-state index contributed by atoms with van der Waals surface area (Å²) in [6.07, 6.45) is 3.54. The fourth-order valence-corrected chi connectivity index (χ4v) is 3.92. The van der Waals surface area contributed by atoms with E-state index in [1.165, 1.54) is 12.0 Å². The molecular formula is C19H28N2O2. The highest BCUT2D eigenvalue weighted by Crippen LogP contribution is 2.37. The molecule has 0 aliphatic carbocycles. The number of ether oxygens (including phenoxy) is 1. The Morgan fingerprint density at radius 2 is 2.04 bits per heavy atom. The number of para-hydroxylation sites is 1. The molecule has 2 aliphatic rings. The molecule has 0 bridgehead atoms. The van der Waals surface area contributed by atoms with E-state index in [0.717, 1.165) is 50.3 Å². The van der Waals surface area contributed by atoms with Crippen molar-refractivity contribution in [3.63, 3.8) is 0 Å². The molecule has 4 heteroatoms. The maximum Gasteiger partial charge on any atom is 0.227 e. The molecule has 2 aliphatic heterocycles. The van der Waals surface area contributed by atoms with Gasteiger partial charge in [-0.1, -0.05) is 18.2 Å². The highest BCUT2D eigenvalue weighted by atomic mass is 16.5. The summed E-state index contributed by atoms with van der Waals surface area (Å²) < 4.78 is 5.90. The number of hydrogen-bond donors (Lipinski definition) is 1. The van der Waals surface area contributed by atoms with Gasteiger partial charge >= 0.3 is 0 Å². The van der Waals surface area contributed by atoms with Crippen molar-refractivity contribution in [2.24, 2.45) is 5.92 Å². The van der Waals surface area contributed by atoms with Crippen LogP contribution in [-0.2, 0) is 4.79 Å². The number of aryl methyl sites for hydroxylation is 1. The van der Waals surface area contributed by atoms with Crippen LogP contribution in [0, 0.1) is 12.8 Å². The molecule has 2 saturated heterocycles. The zero-order chi connectivity index (χ0) is 16.2. The molecule has 2 fully saturated rings. The Morgan fingerprint density at radius 1 is 1.26 bits per heavy atom. The molecule has 126 valence electrons. The van der Waals surface area contributed by atoms with Gasteiger partial charge in [0.2, 0.25) is 5.91 Å². The van der Waals surface area contributed by atoms with Crippen LogP contribution >= 0.6 is 0 Å². The van der Waals surface area contributed by atoms with Crippen LogP contribution in [-0.4, -0.2) is 43.6 Å². The van der Waals surface area contributed by atoms with Crippen molar-refractivity contribution in [2.45, 2.75) is 39.0 Å². The second-order valence-electron chi connectivity index (χ2n) is 6.68. The topological polar surface area (TPSA) is 41.6 Å². The third kappa shape index (κ3) is 3.37. The summed E-state index contributed by atoms with van der Waals surface area (Å²) in [6.45, 7) is 8.23. The number of hydrogen-bond acceptors (Lipinski definition) is 3. The third-order valence-corrected chi connectivity index (χ3v) is 5.13. The minimum Gasteiger partial charge on any atom is -0.493 e. The van der Waals surface area contributed by atoms with Gasteiger partial charge in [-0.05, 0) is 44.2 Å². The van der Waals surface area contributed by atoms with Gasteiger partial charge in [0.1, 0.15) is 5.75 Å². The molecule has 1 aromatic rings. The van der Waals surface area contributed by atoms with Crippen LogP contribution in [0.3, 0.4) is 0 Å². The summed E-state index contributed by atoms with van der Waals surface area (Å²) in [7, 11) is 0. The first-order chi connectivity index (χ1) is 11.2. The summed E-state index contributed by atoms with van der Waals surface area (Å²) in [5, 5.41) is 3.43. The molecule has 0 aromatic heterocycles. The molecule has 4 nitrogen and oxygen atoms in total. The second-order valence-corrected chi connectivity index (χ2v) is 6.68. The van der Waals surface area contributed by atoms with Gasteiger partial charge in [-0.25, -0.2) is 0 Å². The Balaban J connectivity index is 1.84. The standard InChI is InChI=1S/C19H28N2O2/c1-3-23-18-14(2)8-7-9-15(18)16-12-20-13-17(16)19(22)21-10-5-4-6-11-21/h7-9,16-17,20H,3-6,10-13H2,1-2H3/t16-,17?/m0/s1. The molecule has 0 radical (unpaired) electrons. The Kier molecular flexibility index (Phi) is 5.21. The van der Waals surface area contributed by atoms with Gasteiger partial charge in [0, 0.05) is 32.1 Å². The van der Waals surface area contributed by atoms with E-state index >= 15 is 0 Å². The molecule has 2 atom stereocenters. The lowest BCUT2D eigenvalue weighted by Crippen LogP contribution is -2.41. The zero-order valence-corrected chi connectivity index (χ0v) is 14.3. The fraction of sp³-hybridized carbons (Fsp3) is 0.632. The summed E-state index contributed by atoms with van der Waals surface area (Å²) in [5.41, 5.74) is 2.34. The average molecular weight is 316 g/mol. The minimum absolute atomic E-state index is 0.0362. The quantitative estimate of drug-likeness (QED) is 0.928. The highest BCUT2D eigenvalue weighted by Gasteiger charge is 2.38. The monoisotopic (exact) mass is 316 g/mol. The van der Waals surface area contributed by atoms with Crippen LogP contribution in [0.4, 0.5) is 0 Å². The third-order valence-electron chi connectivity index (χ3n) is 5.13. The van der Waals surface area contributed by atoms with Crippen LogP contribution in [0.15, 0.2) is 18.2 Å². The molecule has 1 amide bonds. The molecule has 0 saturated carbocycles. The van der Waals surface area contributed by atoms with Gasteiger partial charge < -0.3 is 15.0 Å². The maximum atomic E-state index is 13.0. The van der Waals surface area contributed by atoms with Gasteiger partial charge in [0.25, 0.3) is 0 Å². The fourth-order valence-electron chi connectivity index (χ4n) is 3.92. The zero-order valence-electron chi connectivity index (χ0n) is 14.3. The summed E-state index contributed by atoms with van der Waals surface area (Å²) >= 11 is 0. The molecule has 23 heavy (non-hydrogen) atoms. The van der Waals surface area contributed by atoms with Gasteiger partial charge in [0.15, 0.2) is 0 Å². The van der Waals surface area contributed by atoms with E-state index in [9.17, 15) is 4.79 Å². The first kappa shape index (κ1) is 16.3. The van der Waals surface area contributed by atoms with Crippen molar-refractivity contribution < 1.29 is 9.53 Å². The van der Waals surface area contributed by atoms with Crippen LogP contribution in [0.1, 0.15) is 43.2 Å². The van der Waals surface area contributed by atoms with Gasteiger partial charge in [-0.2, -0.15) is 0 Å². The van der Waals surface area contributed by atoms with E-state index in [1.807, 2.05) is 6.92 Å². The van der Waals surface area contributed by atoms with Crippen molar-refractivity contribution in [2.75, 3.05) is 32.8 Å². The van der Waals surface area contributed by atoms with Gasteiger partial charge in [-0.3, -0.25) is 4.79 Å². The van der Waals surface area contributed by atoms with E-state index in [2.05, 4.69) is 35.3 Å². The minimum atomic E-state index is 0.0362. The smallest absolute Gasteiger partial charge is 0.227 e. The number of likely N-dealkylation sites (tertiary alicyclic amines) is 1. The van der Waals surface area contributed by atoms with E-state index in [-0.39, 0.29) is 11.8 Å². The number of carbonyl (C=O) groups is 1. The maximum absolute atomic E-state index is 13.0. The first-order valence-corrected chi connectivity index (χ1v) is 8.94. The number of piperidine rings is 1. The van der Waals surface area contributed by atoms with Crippen LogP contribution < -0.4 is 10.1 Å². The highest BCUT2D eigenvalue weighted by molar-refractivity contribution is 5.81. The number of nitrogens with zero attached hydrogens (tertiary/aromatic N) is 1. The van der Waals surface area contributed by atoms with E-state index in [1.54, 1.807) is 0 Å². The number of amides is 1. The lowest BCUT2D eigenvalue weighted by atomic mass is 9.86. The molecule has 3 rings (SSSR count). The molecule has 1 aromatic carbocycles. The summed E-state index contributed by atoms with van der Waals surface area (Å²) in [6, 6.07) is 6.29. The first-order valence-electron chi connectivity index (χ1n) is 8.94. The van der Waals surface area contributed by atoms with Crippen molar-refractivity contribution in [3.05, 3.63) is 29.3 Å². The van der Waals surface area contributed by atoms with Crippen LogP contribution in [0.25, 0.3) is 0 Å². The van der Waals surface area contributed by atoms with Crippen molar-refractivity contribution in [1.29, 1.82) is 0 Å². The molecule has 0 spiro atoms. The van der Waals surface area contributed by atoms with E-state index in [4.69, 9.17) is 4.74 Å². The van der Waals surface area contributed by atoms with Crippen LogP contribution in [0.2, 0.25) is 0 Å². The average Bonchev–Trinajstić information content (AvgIpc) is 3.06. The van der Waals surface area contributed by atoms with E-state index in [0.29, 0.717) is 12.5 Å². The molecule has 1 N–H and O–H groups in total. The molecule has 2 heterocycles. The number of nitrogens with one attached hydrogen (secondary N) is 1. The lowest BCUT2D eigenvalue weighted by molar-refractivity contribution is -0.136. The Labute approximate surface area is 139 Å². The SMILES string of the molecule is CCOc1c(C)cccc1[C@@H]1CNCC1C(=O)N1CCCCC1. The van der Waals surface area contributed by atoms with E-state index < -0.39 is 0 Å². The Hall–Kier alpha value is -1.55. The number of benzene rings is 1. The summed E-state index contributed by atoms with van der Waals surface area (Å²) in [4.78, 5) is 15.1. The second kappa shape index (κ2) is 7.35. The lowest BCUT2D eigenvalue weighted by Gasteiger charge is -2.31. The normalized spacial score (nSPS) is 24.7. The van der Waals surface area contributed by atoms with Gasteiger partial charge in [-0.15, -0.1) is 0 Å².